The fourth-order valence-electron chi connectivity index (χ4n) is 2.06. The van der Waals surface area contributed by atoms with Crippen molar-refractivity contribution in [3.63, 3.8) is 0 Å². The second-order valence-electron chi connectivity index (χ2n) is 3.68. The highest BCUT2D eigenvalue weighted by Gasteiger charge is 2.33. The van der Waals surface area contributed by atoms with Crippen LogP contribution in [0, 0.1) is 0 Å². The number of hydrogen-bond acceptors (Lipinski definition) is 2. The summed E-state index contributed by atoms with van der Waals surface area (Å²) < 4.78 is 5.61. The van der Waals surface area contributed by atoms with E-state index < -0.39 is 0 Å². The maximum atomic E-state index is 5.61. The van der Waals surface area contributed by atoms with Crippen molar-refractivity contribution in [1.82, 2.24) is 0 Å². The van der Waals surface area contributed by atoms with Crippen molar-refractivity contribution >= 4 is 11.8 Å². The van der Waals surface area contributed by atoms with Crippen LogP contribution in [-0.2, 0) is 4.74 Å². The van der Waals surface area contributed by atoms with Gasteiger partial charge in [0.1, 0.15) is 0 Å². The Balaban J connectivity index is 2.42. The van der Waals surface area contributed by atoms with Gasteiger partial charge in [0.15, 0.2) is 0 Å². The fraction of sp³-hybridized carbons (Fsp3) is 1.00. The van der Waals surface area contributed by atoms with E-state index in [1.807, 2.05) is 18.9 Å². The number of hydrogen-bond donors (Lipinski definition) is 0. The molecule has 0 aromatic heterocycles. The molecule has 0 saturated heterocycles. The molecule has 1 aliphatic rings. The van der Waals surface area contributed by atoms with Gasteiger partial charge >= 0.3 is 0 Å². The molecule has 0 unspecified atom stereocenters. The molecule has 1 nitrogen and oxygen atoms in total. The van der Waals surface area contributed by atoms with Crippen molar-refractivity contribution in [1.29, 1.82) is 0 Å². The van der Waals surface area contributed by atoms with Crippen LogP contribution in [0.2, 0.25) is 0 Å². The maximum Gasteiger partial charge on any atom is 0.0677 e. The number of methoxy groups -OCH3 is 1. The van der Waals surface area contributed by atoms with Gasteiger partial charge in [0.2, 0.25) is 0 Å². The molecule has 2 heteroatoms. The predicted molar refractivity (Wildman–Crippen MR) is 55.8 cm³/mol. The molecule has 0 radical (unpaired) electrons. The van der Waals surface area contributed by atoms with Crippen LogP contribution in [0.3, 0.4) is 0 Å². The summed E-state index contributed by atoms with van der Waals surface area (Å²) in [6.45, 7) is 2.24. The van der Waals surface area contributed by atoms with E-state index in [4.69, 9.17) is 4.74 Å². The Morgan fingerprint density at radius 1 is 1.42 bits per heavy atom. The second-order valence-corrected chi connectivity index (χ2v) is 4.81. The molecule has 0 aliphatic heterocycles. The Kier molecular flexibility index (Phi) is 3.91. The van der Waals surface area contributed by atoms with Crippen LogP contribution in [0.15, 0.2) is 0 Å². The van der Waals surface area contributed by atoms with E-state index in [1.165, 1.54) is 32.1 Å². The zero-order chi connectivity index (χ0) is 9.03. The molecule has 1 aliphatic carbocycles. The van der Waals surface area contributed by atoms with Crippen LogP contribution in [0.5, 0.6) is 0 Å². The summed E-state index contributed by atoms with van der Waals surface area (Å²) in [5.41, 5.74) is 0.228. The molecule has 72 valence electrons. The van der Waals surface area contributed by atoms with Crippen molar-refractivity contribution in [2.45, 2.75) is 49.9 Å². The topological polar surface area (TPSA) is 9.23 Å². The normalized spacial score (nSPS) is 36.8. The summed E-state index contributed by atoms with van der Waals surface area (Å²) in [7, 11) is 1.86. The minimum atomic E-state index is 0.228. The minimum Gasteiger partial charge on any atom is -0.378 e. The molecule has 0 bridgehead atoms. The van der Waals surface area contributed by atoms with Gasteiger partial charge in [0.25, 0.3) is 0 Å². The van der Waals surface area contributed by atoms with Gasteiger partial charge in [-0.3, -0.25) is 0 Å². The van der Waals surface area contributed by atoms with Gasteiger partial charge in [0.05, 0.1) is 5.60 Å². The molecule has 1 saturated carbocycles. The maximum absolute atomic E-state index is 5.61. The molecule has 0 amide bonds. The van der Waals surface area contributed by atoms with Crippen LogP contribution in [0.1, 0.15) is 39.0 Å². The summed E-state index contributed by atoms with van der Waals surface area (Å²) in [5, 5.41) is 0.889. The summed E-state index contributed by atoms with van der Waals surface area (Å²) in [4.78, 5) is 0. The lowest BCUT2D eigenvalue weighted by molar-refractivity contribution is -0.0406. The predicted octanol–water partition coefficient (Wildman–Crippen LogP) is 3.09. The van der Waals surface area contributed by atoms with E-state index in [0.29, 0.717) is 0 Å². The molecule has 1 fully saturated rings. The molecular weight excluding hydrogens is 168 g/mol. The van der Waals surface area contributed by atoms with E-state index in [2.05, 4.69) is 13.2 Å². The first-order valence-corrected chi connectivity index (χ1v) is 6.13. The van der Waals surface area contributed by atoms with E-state index in [-0.39, 0.29) is 5.60 Å². The highest BCUT2D eigenvalue weighted by Crippen LogP contribution is 2.37. The van der Waals surface area contributed by atoms with E-state index in [1.54, 1.807) is 0 Å². The minimum absolute atomic E-state index is 0.228. The average molecular weight is 188 g/mol. The van der Waals surface area contributed by atoms with Gasteiger partial charge in [-0.1, -0.05) is 6.92 Å². The zero-order valence-corrected chi connectivity index (χ0v) is 9.25. The van der Waals surface area contributed by atoms with E-state index in [0.717, 1.165) is 5.25 Å². The third kappa shape index (κ3) is 2.17. The van der Waals surface area contributed by atoms with Crippen molar-refractivity contribution in [3.8, 4) is 0 Å². The van der Waals surface area contributed by atoms with Crippen molar-refractivity contribution < 1.29 is 4.74 Å². The standard InChI is InChI=1S/C10H20OS/c1-4-10(11-2)7-5-9(12-3)6-8-10/h9H,4-8H2,1-3H3. The Labute approximate surface area is 80.3 Å². The Bertz CT molecular complexity index is 122. The first-order chi connectivity index (χ1) is 5.76. The smallest absolute Gasteiger partial charge is 0.0677 e. The number of thioether (sulfide) groups is 1. The molecule has 12 heavy (non-hydrogen) atoms. The average Bonchev–Trinajstić information content (AvgIpc) is 2.18. The quantitative estimate of drug-likeness (QED) is 0.673. The lowest BCUT2D eigenvalue weighted by Gasteiger charge is -2.38. The van der Waals surface area contributed by atoms with Crippen LogP contribution < -0.4 is 0 Å². The first-order valence-electron chi connectivity index (χ1n) is 4.84. The Morgan fingerprint density at radius 2 is 2.00 bits per heavy atom. The molecule has 0 spiro atoms. The lowest BCUT2D eigenvalue weighted by atomic mass is 9.82. The zero-order valence-electron chi connectivity index (χ0n) is 8.43. The third-order valence-electron chi connectivity index (χ3n) is 3.25. The van der Waals surface area contributed by atoms with Gasteiger partial charge < -0.3 is 4.74 Å². The summed E-state index contributed by atoms with van der Waals surface area (Å²) in [6, 6.07) is 0. The van der Waals surface area contributed by atoms with Crippen molar-refractivity contribution in [2.24, 2.45) is 0 Å². The van der Waals surface area contributed by atoms with Crippen molar-refractivity contribution in [3.05, 3.63) is 0 Å². The summed E-state index contributed by atoms with van der Waals surface area (Å²) in [5.74, 6) is 0. The van der Waals surface area contributed by atoms with Gasteiger partial charge in [-0.05, 0) is 38.4 Å². The van der Waals surface area contributed by atoms with Crippen LogP contribution in [0.25, 0.3) is 0 Å². The fourth-order valence-corrected chi connectivity index (χ4v) is 2.76. The summed E-state index contributed by atoms with van der Waals surface area (Å²) in [6.07, 6.45) is 8.57. The molecule has 0 heterocycles. The molecule has 0 N–H and O–H groups in total. The van der Waals surface area contributed by atoms with Crippen LogP contribution in [-0.4, -0.2) is 24.2 Å². The number of ether oxygens (including phenoxy) is 1. The van der Waals surface area contributed by atoms with Gasteiger partial charge in [-0.2, -0.15) is 11.8 Å². The summed E-state index contributed by atoms with van der Waals surface area (Å²) >= 11 is 2.01. The third-order valence-corrected chi connectivity index (χ3v) is 4.39. The number of rotatable bonds is 3. The molecular formula is C10H20OS. The first kappa shape index (κ1) is 10.4. The molecule has 1 rings (SSSR count). The lowest BCUT2D eigenvalue weighted by Crippen LogP contribution is -2.36. The molecule has 0 aromatic carbocycles. The second kappa shape index (κ2) is 4.52. The van der Waals surface area contributed by atoms with Gasteiger partial charge in [-0.15, -0.1) is 0 Å². The van der Waals surface area contributed by atoms with E-state index >= 15 is 0 Å². The molecule has 0 atom stereocenters. The highest BCUT2D eigenvalue weighted by molar-refractivity contribution is 7.99. The van der Waals surface area contributed by atoms with Gasteiger partial charge in [-0.25, -0.2) is 0 Å². The van der Waals surface area contributed by atoms with Crippen LogP contribution >= 0.6 is 11.8 Å². The molecule has 0 aromatic rings. The van der Waals surface area contributed by atoms with Crippen molar-refractivity contribution in [2.75, 3.05) is 13.4 Å². The Morgan fingerprint density at radius 3 is 2.33 bits per heavy atom. The largest absolute Gasteiger partial charge is 0.378 e. The van der Waals surface area contributed by atoms with E-state index in [9.17, 15) is 0 Å². The van der Waals surface area contributed by atoms with Gasteiger partial charge in [0, 0.05) is 12.4 Å². The van der Waals surface area contributed by atoms with Crippen LogP contribution in [0.4, 0.5) is 0 Å². The SMILES string of the molecule is CCC1(OC)CCC(SC)CC1. The monoisotopic (exact) mass is 188 g/mol. The Hall–Kier alpha value is 0.310. The highest BCUT2D eigenvalue weighted by atomic mass is 32.2.